The van der Waals surface area contributed by atoms with Gasteiger partial charge in [0.1, 0.15) is 11.5 Å². The number of anilines is 2. The van der Waals surface area contributed by atoms with E-state index >= 15 is 0 Å². The minimum absolute atomic E-state index is 0.0145. The summed E-state index contributed by atoms with van der Waals surface area (Å²) in [5.74, 6) is -0.175. The van der Waals surface area contributed by atoms with E-state index in [1.54, 1.807) is 0 Å². The highest BCUT2D eigenvalue weighted by Crippen LogP contribution is 2.18. The highest BCUT2D eigenvalue weighted by atomic mass is 16.2. The SMILES string of the molecule is CCCCN(CC(=O)NC(=O)NCC(C)C)c1c(N)n(CC(C)C)c(=O)[nH]c1=O. The Morgan fingerprint density at radius 1 is 1.17 bits per heavy atom. The Labute approximate surface area is 170 Å². The first-order valence-corrected chi connectivity index (χ1v) is 10.0. The number of hydrogen-bond acceptors (Lipinski definition) is 6. The molecule has 0 bridgehead atoms. The van der Waals surface area contributed by atoms with Crippen molar-refractivity contribution in [3.63, 3.8) is 0 Å². The third-order valence-corrected chi connectivity index (χ3v) is 4.12. The Hall–Kier alpha value is -2.78. The van der Waals surface area contributed by atoms with E-state index in [1.807, 2.05) is 34.6 Å². The number of unbranched alkanes of at least 4 members (excludes halogenated alkanes) is 1. The van der Waals surface area contributed by atoms with Gasteiger partial charge in [-0.25, -0.2) is 9.59 Å². The minimum atomic E-state index is -0.652. The van der Waals surface area contributed by atoms with Crippen molar-refractivity contribution in [2.75, 3.05) is 30.3 Å². The van der Waals surface area contributed by atoms with Crippen LogP contribution in [0.5, 0.6) is 0 Å². The van der Waals surface area contributed by atoms with Gasteiger partial charge in [-0.3, -0.25) is 24.5 Å². The van der Waals surface area contributed by atoms with Gasteiger partial charge >= 0.3 is 11.7 Å². The predicted molar refractivity (Wildman–Crippen MR) is 114 cm³/mol. The van der Waals surface area contributed by atoms with Crippen molar-refractivity contribution >= 4 is 23.4 Å². The molecule has 1 heterocycles. The molecule has 0 radical (unpaired) electrons. The first-order chi connectivity index (χ1) is 13.6. The fourth-order valence-corrected chi connectivity index (χ4v) is 2.73. The summed E-state index contributed by atoms with van der Waals surface area (Å²) in [4.78, 5) is 52.6. The molecule has 0 saturated heterocycles. The van der Waals surface area contributed by atoms with Gasteiger partial charge in [0, 0.05) is 19.6 Å². The molecule has 1 aromatic rings. The van der Waals surface area contributed by atoms with Gasteiger partial charge in [-0.2, -0.15) is 0 Å². The molecule has 0 atom stereocenters. The lowest BCUT2D eigenvalue weighted by Gasteiger charge is -2.26. The largest absolute Gasteiger partial charge is 0.383 e. The van der Waals surface area contributed by atoms with E-state index in [4.69, 9.17) is 5.73 Å². The van der Waals surface area contributed by atoms with Crippen LogP contribution in [0.25, 0.3) is 0 Å². The van der Waals surface area contributed by atoms with Crippen LogP contribution in [0.4, 0.5) is 16.3 Å². The molecule has 10 heteroatoms. The number of nitrogens with two attached hydrogens (primary N) is 1. The van der Waals surface area contributed by atoms with Crippen molar-refractivity contribution in [1.29, 1.82) is 0 Å². The lowest BCUT2D eigenvalue weighted by molar-refractivity contribution is -0.118. The van der Waals surface area contributed by atoms with Gasteiger partial charge in [-0.15, -0.1) is 0 Å². The molecule has 1 aromatic heterocycles. The van der Waals surface area contributed by atoms with E-state index in [0.717, 1.165) is 6.42 Å². The van der Waals surface area contributed by atoms with Crippen LogP contribution in [0, 0.1) is 11.8 Å². The summed E-state index contributed by atoms with van der Waals surface area (Å²) < 4.78 is 1.30. The topological polar surface area (TPSA) is 142 Å². The molecule has 0 aliphatic heterocycles. The standard InChI is InChI=1S/C19H34N6O4/c1-6-7-8-24(11-14(26)22-18(28)21-9-12(2)3)15-16(20)25(10-13(4)5)19(29)23-17(15)27/h12-13H,6-11,20H2,1-5H3,(H,23,27,29)(H2,21,22,26,28). The van der Waals surface area contributed by atoms with Crippen molar-refractivity contribution in [1.82, 2.24) is 20.2 Å². The summed E-state index contributed by atoms with van der Waals surface area (Å²) in [6.45, 7) is 10.6. The van der Waals surface area contributed by atoms with Crippen LogP contribution < -0.4 is 32.5 Å². The van der Waals surface area contributed by atoms with Gasteiger partial charge in [0.25, 0.3) is 5.56 Å². The molecule has 3 amide bonds. The fourth-order valence-electron chi connectivity index (χ4n) is 2.73. The fraction of sp³-hybridized carbons (Fsp3) is 0.684. The first kappa shape index (κ1) is 24.3. The number of imide groups is 1. The van der Waals surface area contributed by atoms with Crippen LogP contribution >= 0.6 is 0 Å². The highest BCUT2D eigenvalue weighted by Gasteiger charge is 2.22. The summed E-state index contributed by atoms with van der Waals surface area (Å²) in [7, 11) is 0. The molecule has 0 aromatic carbocycles. The maximum Gasteiger partial charge on any atom is 0.330 e. The van der Waals surface area contributed by atoms with Crippen LogP contribution in [0.15, 0.2) is 9.59 Å². The molecule has 0 spiro atoms. The maximum atomic E-state index is 12.5. The molecule has 29 heavy (non-hydrogen) atoms. The second-order valence-corrected chi connectivity index (χ2v) is 7.92. The minimum Gasteiger partial charge on any atom is -0.383 e. The summed E-state index contributed by atoms with van der Waals surface area (Å²) >= 11 is 0. The number of aromatic amines is 1. The van der Waals surface area contributed by atoms with Crippen LogP contribution in [0.3, 0.4) is 0 Å². The zero-order valence-corrected chi connectivity index (χ0v) is 18.0. The Morgan fingerprint density at radius 2 is 1.83 bits per heavy atom. The highest BCUT2D eigenvalue weighted by molar-refractivity contribution is 5.96. The first-order valence-electron chi connectivity index (χ1n) is 10.0. The van der Waals surface area contributed by atoms with E-state index in [1.165, 1.54) is 9.47 Å². The smallest absolute Gasteiger partial charge is 0.330 e. The molecule has 164 valence electrons. The van der Waals surface area contributed by atoms with Crippen molar-refractivity contribution in [3.05, 3.63) is 20.8 Å². The number of H-pyrrole nitrogens is 1. The number of nitrogens with zero attached hydrogens (tertiary/aromatic N) is 2. The molecular weight excluding hydrogens is 376 g/mol. The number of carbonyl (C=O) groups excluding carboxylic acids is 2. The second kappa shape index (κ2) is 11.3. The van der Waals surface area contributed by atoms with E-state index in [0.29, 0.717) is 26.1 Å². The molecule has 1 rings (SSSR count). The van der Waals surface area contributed by atoms with Crippen LogP contribution in [-0.4, -0.2) is 41.1 Å². The van der Waals surface area contributed by atoms with Gasteiger partial charge in [-0.1, -0.05) is 41.0 Å². The molecule has 0 aliphatic rings. The van der Waals surface area contributed by atoms with Gasteiger partial charge in [0.15, 0.2) is 0 Å². The zero-order valence-electron chi connectivity index (χ0n) is 18.0. The summed E-state index contributed by atoms with van der Waals surface area (Å²) in [5.41, 5.74) is 4.98. The quantitative estimate of drug-likeness (QED) is 0.451. The van der Waals surface area contributed by atoms with Crippen LogP contribution in [0.2, 0.25) is 0 Å². The Bertz CT molecular complexity index is 812. The van der Waals surface area contributed by atoms with E-state index in [9.17, 15) is 19.2 Å². The lowest BCUT2D eigenvalue weighted by Crippen LogP contribution is -2.47. The van der Waals surface area contributed by atoms with Crippen molar-refractivity contribution in [2.24, 2.45) is 11.8 Å². The number of aromatic nitrogens is 2. The average Bonchev–Trinajstić information content (AvgIpc) is 2.60. The monoisotopic (exact) mass is 410 g/mol. The summed E-state index contributed by atoms with van der Waals surface area (Å²) in [6, 6.07) is -0.592. The maximum absolute atomic E-state index is 12.5. The lowest BCUT2D eigenvalue weighted by atomic mass is 10.2. The third-order valence-electron chi connectivity index (χ3n) is 4.12. The van der Waals surface area contributed by atoms with E-state index in [-0.39, 0.29) is 29.9 Å². The number of amides is 3. The van der Waals surface area contributed by atoms with Crippen molar-refractivity contribution in [3.8, 4) is 0 Å². The Balaban J connectivity index is 3.12. The van der Waals surface area contributed by atoms with E-state index in [2.05, 4.69) is 15.6 Å². The zero-order chi connectivity index (χ0) is 22.1. The Morgan fingerprint density at radius 3 is 2.38 bits per heavy atom. The molecule has 0 aliphatic carbocycles. The number of nitrogen functional groups attached to an aromatic ring is 1. The molecule has 0 fully saturated rings. The molecule has 5 N–H and O–H groups in total. The number of rotatable bonds is 10. The number of urea groups is 1. The van der Waals surface area contributed by atoms with E-state index < -0.39 is 23.2 Å². The van der Waals surface area contributed by atoms with Crippen molar-refractivity contribution in [2.45, 2.75) is 54.0 Å². The summed E-state index contributed by atoms with van der Waals surface area (Å²) in [6.07, 6.45) is 1.53. The van der Waals surface area contributed by atoms with Gasteiger partial charge in [0.2, 0.25) is 5.91 Å². The number of carbonyl (C=O) groups is 2. The van der Waals surface area contributed by atoms with Crippen LogP contribution in [-0.2, 0) is 11.3 Å². The predicted octanol–water partition coefficient (Wildman–Crippen LogP) is 0.863. The molecule has 0 unspecified atom stereocenters. The molecule has 0 saturated carbocycles. The van der Waals surface area contributed by atoms with Gasteiger partial charge < -0.3 is 16.0 Å². The molecule has 10 nitrogen and oxygen atoms in total. The molecular formula is C19H34N6O4. The van der Waals surface area contributed by atoms with Crippen LogP contribution in [0.1, 0.15) is 47.5 Å². The third kappa shape index (κ3) is 7.63. The van der Waals surface area contributed by atoms with Gasteiger partial charge in [0.05, 0.1) is 6.54 Å². The number of hydrogen-bond donors (Lipinski definition) is 4. The normalized spacial score (nSPS) is 11.0. The average molecular weight is 411 g/mol. The number of nitrogens with one attached hydrogen (secondary N) is 3. The second-order valence-electron chi connectivity index (χ2n) is 7.92. The van der Waals surface area contributed by atoms with Gasteiger partial charge in [-0.05, 0) is 18.3 Å². The Kier molecular flexibility index (Phi) is 9.43. The van der Waals surface area contributed by atoms with Crippen molar-refractivity contribution < 1.29 is 9.59 Å². The summed E-state index contributed by atoms with van der Waals surface area (Å²) in [5, 5.41) is 4.86.